The molecule has 1 atom stereocenters. The summed E-state index contributed by atoms with van der Waals surface area (Å²) in [6.45, 7) is 8.43. The quantitative estimate of drug-likeness (QED) is 0.870. The smallest absolute Gasteiger partial charge is 0.337 e. The second kappa shape index (κ2) is 6.24. The summed E-state index contributed by atoms with van der Waals surface area (Å²) in [4.78, 5) is 15.5. The first-order valence-corrected chi connectivity index (χ1v) is 6.99. The zero-order valence-corrected chi connectivity index (χ0v) is 12.0. The molecular formula is C15H22N2O3. The third kappa shape index (κ3) is 3.29. The van der Waals surface area contributed by atoms with Crippen LogP contribution in [0.1, 0.15) is 25.5 Å². The average molecular weight is 278 g/mol. The van der Waals surface area contributed by atoms with Gasteiger partial charge in [-0.25, -0.2) is 4.79 Å². The van der Waals surface area contributed by atoms with Gasteiger partial charge >= 0.3 is 5.97 Å². The first-order chi connectivity index (χ1) is 9.49. The monoisotopic (exact) mass is 278 g/mol. The highest BCUT2D eigenvalue weighted by atomic mass is 16.4. The number of anilines is 1. The SMILES string of the molecule is CC(C)N1CCN(c2ccc(C(O)C(=O)O)cc2)CC1. The van der Waals surface area contributed by atoms with Crippen molar-refractivity contribution >= 4 is 11.7 Å². The van der Waals surface area contributed by atoms with Crippen molar-refractivity contribution in [2.24, 2.45) is 0 Å². The van der Waals surface area contributed by atoms with Crippen molar-refractivity contribution in [1.82, 2.24) is 4.90 Å². The Morgan fingerprint density at radius 3 is 2.10 bits per heavy atom. The van der Waals surface area contributed by atoms with E-state index in [1.165, 1.54) is 0 Å². The van der Waals surface area contributed by atoms with Crippen LogP contribution in [0.3, 0.4) is 0 Å². The minimum atomic E-state index is -1.44. The second-order valence-corrected chi connectivity index (χ2v) is 5.45. The lowest BCUT2D eigenvalue weighted by Gasteiger charge is -2.38. The lowest BCUT2D eigenvalue weighted by Crippen LogP contribution is -2.48. The number of carboxylic acids is 1. The summed E-state index contributed by atoms with van der Waals surface area (Å²) in [5, 5.41) is 18.2. The Labute approximate surface area is 119 Å². The predicted molar refractivity (Wildman–Crippen MR) is 78.0 cm³/mol. The fourth-order valence-electron chi connectivity index (χ4n) is 2.51. The Bertz CT molecular complexity index is 451. The normalized spacial score (nSPS) is 18.3. The van der Waals surface area contributed by atoms with Gasteiger partial charge in [0, 0.05) is 37.9 Å². The van der Waals surface area contributed by atoms with Gasteiger partial charge < -0.3 is 15.1 Å². The highest BCUT2D eigenvalue weighted by Crippen LogP contribution is 2.21. The maximum atomic E-state index is 10.7. The van der Waals surface area contributed by atoms with Crippen LogP contribution in [-0.2, 0) is 4.79 Å². The van der Waals surface area contributed by atoms with Gasteiger partial charge in [-0.05, 0) is 31.5 Å². The molecule has 1 aliphatic heterocycles. The van der Waals surface area contributed by atoms with Crippen molar-refractivity contribution in [2.45, 2.75) is 26.0 Å². The van der Waals surface area contributed by atoms with Gasteiger partial charge in [0.1, 0.15) is 0 Å². The van der Waals surface area contributed by atoms with Gasteiger partial charge in [-0.3, -0.25) is 4.90 Å². The summed E-state index contributed by atoms with van der Waals surface area (Å²) >= 11 is 0. The Kier molecular flexibility index (Phi) is 4.62. The number of rotatable bonds is 4. The zero-order valence-electron chi connectivity index (χ0n) is 12.0. The van der Waals surface area contributed by atoms with Crippen LogP contribution >= 0.6 is 0 Å². The molecular weight excluding hydrogens is 256 g/mol. The molecule has 5 heteroatoms. The van der Waals surface area contributed by atoms with Gasteiger partial charge in [-0.2, -0.15) is 0 Å². The van der Waals surface area contributed by atoms with E-state index in [1.54, 1.807) is 12.1 Å². The summed E-state index contributed by atoms with van der Waals surface area (Å²) < 4.78 is 0. The van der Waals surface area contributed by atoms with E-state index < -0.39 is 12.1 Å². The van der Waals surface area contributed by atoms with Crippen LogP contribution in [0.15, 0.2) is 24.3 Å². The van der Waals surface area contributed by atoms with E-state index in [4.69, 9.17) is 5.11 Å². The number of nitrogens with zero attached hydrogens (tertiary/aromatic N) is 2. The van der Waals surface area contributed by atoms with Crippen LogP contribution in [0.5, 0.6) is 0 Å². The Balaban J connectivity index is 1.99. The maximum Gasteiger partial charge on any atom is 0.337 e. The number of carbonyl (C=O) groups is 1. The van der Waals surface area contributed by atoms with E-state index in [0.29, 0.717) is 11.6 Å². The van der Waals surface area contributed by atoms with Gasteiger partial charge in [0.2, 0.25) is 0 Å². The van der Waals surface area contributed by atoms with Crippen LogP contribution < -0.4 is 4.90 Å². The fraction of sp³-hybridized carbons (Fsp3) is 0.533. The van der Waals surface area contributed by atoms with Crippen molar-refractivity contribution < 1.29 is 15.0 Å². The number of aliphatic hydroxyl groups is 1. The fourth-order valence-corrected chi connectivity index (χ4v) is 2.51. The topological polar surface area (TPSA) is 64.0 Å². The third-order valence-corrected chi connectivity index (χ3v) is 3.85. The molecule has 1 heterocycles. The second-order valence-electron chi connectivity index (χ2n) is 5.45. The Hall–Kier alpha value is -1.59. The lowest BCUT2D eigenvalue weighted by molar-refractivity contribution is -0.146. The summed E-state index contributed by atoms with van der Waals surface area (Å²) in [5.74, 6) is -1.22. The molecule has 0 spiro atoms. The number of aliphatic carboxylic acids is 1. The average Bonchev–Trinajstić information content (AvgIpc) is 2.46. The zero-order chi connectivity index (χ0) is 14.7. The molecule has 0 bridgehead atoms. The minimum Gasteiger partial charge on any atom is -0.479 e. The van der Waals surface area contributed by atoms with Gasteiger partial charge in [-0.1, -0.05) is 12.1 Å². The molecule has 0 aromatic heterocycles. The molecule has 1 saturated heterocycles. The molecule has 5 nitrogen and oxygen atoms in total. The van der Waals surface area contributed by atoms with Crippen LogP contribution in [0.2, 0.25) is 0 Å². The molecule has 110 valence electrons. The Morgan fingerprint density at radius 2 is 1.65 bits per heavy atom. The molecule has 1 aromatic carbocycles. The number of hydrogen-bond acceptors (Lipinski definition) is 4. The Morgan fingerprint density at radius 1 is 1.10 bits per heavy atom. The van der Waals surface area contributed by atoms with Crippen LogP contribution in [0.4, 0.5) is 5.69 Å². The summed E-state index contributed by atoms with van der Waals surface area (Å²) in [7, 11) is 0. The van der Waals surface area contributed by atoms with Crippen LogP contribution in [0.25, 0.3) is 0 Å². The number of carboxylic acid groups (broad SMARTS) is 1. The maximum absolute atomic E-state index is 10.7. The first-order valence-electron chi connectivity index (χ1n) is 6.99. The number of hydrogen-bond donors (Lipinski definition) is 2. The van der Waals surface area contributed by atoms with E-state index in [1.807, 2.05) is 12.1 Å². The summed E-state index contributed by atoms with van der Waals surface area (Å²) in [6, 6.07) is 7.70. The molecule has 2 N–H and O–H groups in total. The van der Waals surface area contributed by atoms with Crippen molar-refractivity contribution in [3.63, 3.8) is 0 Å². The molecule has 1 aliphatic rings. The van der Waals surface area contributed by atoms with E-state index in [-0.39, 0.29) is 0 Å². The highest BCUT2D eigenvalue weighted by molar-refractivity contribution is 5.74. The van der Waals surface area contributed by atoms with Gasteiger partial charge in [0.15, 0.2) is 6.10 Å². The number of piperazine rings is 1. The summed E-state index contributed by atoms with van der Waals surface area (Å²) in [5.41, 5.74) is 1.50. The minimum absolute atomic E-state index is 0.419. The molecule has 2 rings (SSSR count). The lowest BCUT2D eigenvalue weighted by atomic mass is 10.1. The standard InChI is InChI=1S/C15H22N2O3/c1-11(2)16-7-9-17(10-8-16)13-5-3-12(4-6-13)14(18)15(19)20/h3-6,11,14,18H,7-10H2,1-2H3,(H,19,20). The van der Waals surface area contributed by atoms with E-state index in [2.05, 4.69) is 23.6 Å². The molecule has 1 unspecified atom stereocenters. The van der Waals surface area contributed by atoms with Gasteiger partial charge in [0.25, 0.3) is 0 Å². The van der Waals surface area contributed by atoms with Gasteiger partial charge in [-0.15, -0.1) is 0 Å². The van der Waals surface area contributed by atoms with Crippen molar-refractivity contribution in [1.29, 1.82) is 0 Å². The predicted octanol–water partition coefficient (Wildman–Crippen LogP) is 1.33. The first kappa shape index (κ1) is 14.8. The molecule has 1 fully saturated rings. The van der Waals surface area contributed by atoms with Crippen molar-refractivity contribution in [3.8, 4) is 0 Å². The third-order valence-electron chi connectivity index (χ3n) is 3.85. The molecule has 0 aliphatic carbocycles. The van der Waals surface area contributed by atoms with E-state index in [9.17, 15) is 9.90 Å². The van der Waals surface area contributed by atoms with Crippen molar-refractivity contribution in [3.05, 3.63) is 29.8 Å². The van der Waals surface area contributed by atoms with E-state index >= 15 is 0 Å². The highest BCUT2D eigenvalue weighted by Gasteiger charge is 2.20. The molecule has 0 saturated carbocycles. The summed E-state index contributed by atoms with van der Waals surface area (Å²) in [6.07, 6.45) is -1.44. The van der Waals surface area contributed by atoms with Crippen LogP contribution in [-0.4, -0.2) is 53.3 Å². The van der Waals surface area contributed by atoms with Crippen LogP contribution in [0, 0.1) is 0 Å². The number of benzene rings is 1. The molecule has 20 heavy (non-hydrogen) atoms. The molecule has 1 aromatic rings. The number of aliphatic hydroxyl groups excluding tert-OH is 1. The molecule has 0 amide bonds. The largest absolute Gasteiger partial charge is 0.479 e. The van der Waals surface area contributed by atoms with E-state index in [0.717, 1.165) is 31.9 Å². The van der Waals surface area contributed by atoms with Crippen molar-refractivity contribution in [2.75, 3.05) is 31.1 Å². The molecule has 0 radical (unpaired) electrons. The van der Waals surface area contributed by atoms with Gasteiger partial charge in [0.05, 0.1) is 0 Å².